The van der Waals surface area contributed by atoms with Crippen LogP contribution in [0.3, 0.4) is 0 Å². The monoisotopic (exact) mass is 193 g/mol. The third kappa shape index (κ3) is 3.00. The maximum Gasteiger partial charge on any atom is 0.128 e. The summed E-state index contributed by atoms with van der Waals surface area (Å²) in [6.07, 6.45) is 2.59. The highest BCUT2D eigenvalue weighted by Crippen LogP contribution is 2.29. The van der Waals surface area contributed by atoms with E-state index in [0.29, 0.717) is 5.82 Å². The molecule has 1 aromatic rings. The first-order valence-corrected chi connectivity index (χ1v) is 4.86. The molecule has 0 saturated heterocycles. The second kappa shape index (κ2) is 3.96. The van der Waals surface area contributed by atoms with Gasteiger partial charge in [-0.25, -0.2) is 4.98 Å². The second-order valence-corrected chi connectivity index (χ2v) is 4.85. The number of aromatic nitrogens is 1. The fraction of sp³-hybridized carbons (Fsp3) is 0.545. The van der Waals surface area contributed by atoms with Crippen LogP contribution in [0.25, 0.3) is 0 Å². The lowest BCUT2D eigenvalue weighted by Crippen LogP contribution is -2.20. The third-order valence-electron chi connectivity index (χ3n) is 2.10. The van der Waals surface area contributed by atoms with Gasteiger partial charge >= 0.3 is 0 Å². The van der Waals surface area contributed by atoms with Crippen molar-refractivity contribution in [1.82, 2.24) is 4.98 Å². The van der Waals surface area contributed by atoms with E-state index in [1.54, 1.807) is 6.20 Å². The number of nitrogen functional groups attached to an aromatic ring is 1. The van der Waals surface area contributed by atoms with Crippen molar-refractivity contribution >= 4 is 5.82 Å². The van der Waals surface area contributed by atoms with Crippen LogP contribution in [0.2, 0.25) is 0 Å². The molecule has 3 nitrogen and oxygen atoms in total. The Morgan fingerprint density at radius 3 is 2.57 bits per heavy atom. The van der Waals surface area contributed by atoms with Crippen molar-refractivity contribution in [2.24, 2.45) is 11.1 Å². The molecule has 0 amide bonds. The first-order valence-electron chi connectivity index (χ1n) is 4.86. The summed E-state index contributed by atoms with van der Waals surface area (Å²) in [5, 5.41) is 0. The predicted molar refractivity (Wildman–Crippen MR) is 59.6 cm³/mol. The van der Waals surface area contributed by atoms with Gasteiger partial charge in [0, 0.05) is 17.8 Å². The average molecular weight is 193 g/mol. The van der Waals surface area contributed by atoms with Crippen molar-refractivity contribution in [3.8, 4) is 0 Å². The normalized spacial score (nSPS) is 14.0. The number of nitrogens with zero attached hydrogens (tertiary/aromatic N) is 1. The number of nitrogens with two attached hydrogens (primary N) is 2. The molecule has 0 aliphatic heterocycles. The lowest BCUT2D eigenvalue weighted by atomic mass is 9.86. The Morgan fingerprint density at radius 2 is 2.07 bits per heavy atom. The van der Waals surface area contributed by atoms with Gasteiger partial charge < -0.3 is 11.5 Å². The first-order chi connectivity index (χ1) is 6.40. The Morgan fingerprint density at radius 1 is 1.43 bits per heavy atom. The number of hydrogen-bond donors (Lipinski definition) is 2. The zero-order valence-corrected chi connectivity index (χ0v) is 9.12. The van der Waals surface area contributed by atoms with Gasteiger partial charge in [0.15, 0.2) is 0 Å². The Labute approximate surface area is 85.5 Å². The molecule has 1 aromatic heterocycles. The molecule has 0 aromatic carbocycles. The molecule has 0 aliphatic carbocycles. The minimum Gasteiger partial charge on any atom is -0.383 e. The molecule has 3 heteroatoms. The predicted octanol–water partition coefficient (Wildman–Crippen LogP) is 2.10. The number of pyridine rings is 1. The molecular weight excluding hydrogens is 174 g/mol. The van der Waals surface area contributed by atoms with Crippen LogP contribution >= 0.6 is 0 Å². The maximum atomic E-state index is 6.06. The molecule has 0 fully saturated rings. The summed E-state index contributed by atoms with van der Waals surface area (Å²) < 4.78 is 0. The van der Waals surface area contributed by atoms with Gasteiger partial charge in [0.05, 0.1) is 0 Å². The molecule has 0 radical (unpaired) electrons. The standard InChI is InChI=1S/C11H19N3/c1-11(2,3)7-9(12)8-5-4-6-14-10(8)13/h4-6,9H,7,12H2,1-3H3,(H2,13,14)/t9-/m0/s1. The van der Waals surface area contributed by atoms with E-state index in [-0.39, 0.29) is 11.5 Å². The van der Waals surface area contributed by atoms with Gasteiger partial charge in [-0.05, 0) is 17.9 Å². The number of rotatable bonds is 2. The molecule has 0 saturated carbocycles. The molecule has 0 unspecified atom stereocenters. The van der Waals surface area contributed by atoms with Crippen LogP contribution in [0.1, 0.15) is 38.8 Å². The van der Waals surface area contributed by atoms with Crippen molar-refractivity contribution in [2.45, 2.75) is 33.2 Å². The summed E-state index contributed by atoms with van der Waals surface area (Å²) in [6, 6.07) is 3.79. The van der Waals surface area contributed by atoms with Crippen molar-refractivity contribution in [1.29, 1.82) is 0 Å². The van der Waals surface area contributed by atoms with Crippen LogP contribution in [0.5, 0.6) is 0 Å². The van der Waals surface area contributed by atoms with Gasteiger partial charge in [0.2, 0.25) is 0 Å². The minimum atomic E-state index is -0.0244. The molecule has 0 bridgehead atoms. The lowest BCUT2D eigenvalue weighted by molar-refractivity contribution is 0.343. The van der Waals surface area contributed by atoms with Gasteiger partial charge in [0.25, 0.3) is 0 Å². The van der Waals surface area contributed by atoms with Crippen LogP contribution in [-0.2, 0) is 0 Å². The molecule has 4 N–H and O–H groups in total. The zero-order valence-electron chi connectivity index (χ0n) is 9.12. The Bertz CT molecular complexity index is 302. The lowest BCUT2D eigenvalue weighted by Gasteiger charge is -2.23. The van der Waals surface area contributed by atoms with E-state index in [0.717, 1.165) is 12.0 Å². The number of anilines is 1. The van der Waals surface area contributed by atoms with E-state index < -0.39 is 0 Å². The number of hydrogen-bond acceptors (Lipinski definition) is 3. The Kier molecular flexibility index (Phi) is 3.11. The topological polar surface area (TPSA) is 64.9 Å². The van der Waals surface area contributed by atoms with Gasteiger partial charge in [-0.2, -0.15) is 0 Å². The van der Waals surface area contributed by atoms with Crippen molar-refractivity contribution < 1.29 is 0 Å². The molecule has 0 spiro atoms. The van der Waals surface area contributed by atoms with Crippen LogP contribution in [0.4, 0.5) is 5.82 Å². The fourth-order valence-electron chi connectivity index (χ4n) is 1.51. The molecule has 1 heterocycles. The van der Waals surface area contributed by atoms with Gasteiger partial charge in [-0.15, -0.1) is 0 Å². The van der Waals surface area contributed by atoms with Crippen LogP contribution in [0.15, 0.2) is 18.3 Å². The Hall–Kier alpha value is -1.09. The van der Waals surface area contributed by atoms with Gasteiger partial charge in [-0.1, -0.05) is 26.8 Å². The summed E-state index contributed by atoms with van der Waals surface area (Å²) in [7, 11) is 0. The molecule has 78 valence electrons. The van der Waals surface area contributed by atoms with Gasteiger partial charge in [0.1, 0.15) is 5.82 Å². The van der Waals surface area contributed by atoms with Crippen LogP contribution in [0, 0.1) is 5.41 Å². The molecule has 1 atom stereocenters. The summed E-state index contributed by atoms with van der Waals surface area (Å²) in [5.41, 5.74) is 13.0. The van der Waals surface area contributed by atoms with Crippen molar-refractivity contribution in [3.63, 3.8) is 0 Å². The smallest absolute Gasteiger partial charge is 0.128 e. The Balaban J connectivity index is 2.80. The second-order valence-electron chi connectivity index (χ2n) is 4.85. The molecule has 14 heavy (non-hydrogen) atoms. The summed E-state index contributed by atoms with van der Waals surface area (Å²) >= 11 is 0. The van der Waals surface area contributed by atoms with Crippen LogP contribution in [-0.4, -0.2) is 4.98 Å². The first kappa shape index (κ1) is 11.0. The van der Waals surface area contributed by atoms with E-state index in [2.05, 4.69) is 25.8 Å². The highest BCUT2D eigenvalue weighted by Gasteiger charge is 2.18. The quantitative estimate of drug-likeness (QED) is 0.756. The van der Waals surface area contributed by atoms with Crippen molar-refractivity contribution in [3.05, 3.63) is 23.9 Å². The molecule has 0 aliphatic rings. The highest BCUT2D eigenvalue weighted by molar-refractivity contribution is 5.40. The summed E-state index contributed by atoms with van der Waals surface area (Å²) in [5.74, 6) is 0.546. The average Bonchev–Trinajstić information content (AvgIpc) is 2.01. The highest BCUT2D eigenvalue weighted by atomic mass is 14.8. The molecule has 1 rings (SSSR count). The van der Waals surface area contributed by atoms with Crippen molar-refractivity contribution in [2.75, 3.05) is 5.73 Å². The zero-order chi connectivity index (χ0) is 10.8. The minimum absolute atomic E-state index is 0.0244. The van der Waals surface area contributed by atoms with E-state index in [1.807, 2.05) is 12.1 Å². The van der Waals surface area contributed by atoms with Crippen LogP contribution < -0.4 is 11.5 Å². The van der Waals surface area contributed by atoms with E-state index >= 15 is 0 Å². The van der Waals surface area contributed by atoms with Gasteiger partial charge in [-0.3, -0.25) is 0 Å². The van der Waals surface area contributed by atoms with E-state index in [1.165, 1.54) is 0 Å². The maximum absolute atomic E-state index is 6.06. The third-order valence-corrected chi connectivity index (χ3v) is 2.10. The fourth-order valence-corrected chi connectivity index (χ4v) is 1.51. The van der Waals surface area contributed by atoms with E-state index in [9.17, 15) is 0 Å². The largest absolute Gasteiger partial charge is 0.383 e. The van der Waals surface area contributed by atoms with E-state index in [4.69, 9.17) is 11.5 Å². The summed E-state index contributed by atoms with van der Waals surface area (Å²) in [6.45, 7) is 6.50. The SMILES string of the molecule is CC(C)(C)C[C@H](N)c1cccnc1N. The summed E-state index contributed by atoms with van der Waals surface area (Å²) in [4.78, 5) is 4.03. The molecular formula is C11H19N3.